The maximum atomic E-state index is 12.6. The normalized spacial score (nSPS) is 16.0. The Morgan fingerprint density at radius 1 is 1.10 bits per heavy atom. The number of carbonyl (C=O) groups excluding carboxylic acids is 1. The van der Waals surface area contributed by atoms with Gasteiger partial charge in [-0.1, -0.05) is 12.5 Å². The molecule has 1 amide bonds. The minimum Gasteiger partial charge on any atom is -0.486 e. The van der Waals surface area contributed by atoms with Crippen LogP contribution >= 0.6 is 0 Å². The molecule has 9 nitrogen and oxygen atoms in total. The summed E-state index contributed by atoms with van der Waals surface area (Å²) in [5.74, 6) is 1.41. The molecule has 3 N–H and O–H groups in total. The Bertz CT molecular complexity index is 1250. The van der Waals surface area contributed by atoms with Crippen molar-refractivity contribution >= 4 is 38.3 Å². The van der Waals surface area contributed by atoms with Crippen LogP contribution in [-0.4, -0.2) is 43.0 Å². The minimum absolute atomic E-state index is 0.138. The largest absolute Gasteiger partial charge is 0.486 e. The van der Waals surface area contributed by atoms with Gasteiger partial charge in [-0.25, -0.2) is 8.42 Å². The number of hydrogen-bond acceptors (Lipinski definition) is 6. The number of hydrogen-bond donors (Lipinski definition) is 3. The molecule has 0 radical (unpaired) electrons. The number of H-pyrrole nitrogens is 1. The number of carbonyl (C=O) groups is 1. The van der Waals surface area contributed by atoms with Crippen LogP contribution in [0.15, 0.2) is 36.4 Å². The van der Waals surface area contributed by atoms with Crippen LogP contribution in [0.3, 0.4) is 0 Å². The zero-order valence-corrected chi connectivity index (χ0v) is 17.5. The number of ether oxygens (including phenoxy) is 2. The van der Waals surface area contributed by atoms with Crippen molar-refractivity contribution in [2.24, 2.45) is 0 Å². The van der Waals surface area contributed by atoms with Gasteiger partial charge >= 0.3 is 0 Å². The summed E-state index contributed by atoms with van der Waals surface area (Å²) in [6.45, 7) is 0.993. The molecule has 0 atom stereocenters. The highest BCUT2D eigenvalue weighted by Crippen LogP contribution is 2.32. The molecule has 1 aromatic heterocycles. The molecule has 162 valence electrons. The van der Waals surface area contributed by atoms with Gasteiger partial charge in [0.1, 0.15) is 13.2 Å². The maximum absolute atomic E-state index is 12.6. The molecule has 1 aliphatic carbocycles. The lowest BCUT2D eigenvalue weighted by molar-refractivity contribution is -0.115. The summed E-state index contributed by atoms with van der Waals surface area (Å²) >= 11 is 0. The average molecular weight is 442 g/mol. The molecule has 0 spiro atoms. The summed E-state index contributed by atoms with van der Waals surface area (Å²) in [6.07, 6.45) is 2.44. The van der Waals surface area contributed by atoms with Crippen molar-refractivity contribution in [3.8, 4) is 11.5 Å². The smallest absolute Gasteiger partial charge is 0.235 e. The first-order chi connectivity index (χ1) is 15.0. The van der Waals surface area contributed by atoms with E-state index in [1.807, 2.05) is 6.07 Å². The van der Waals surface area contributed by atoms with Gasteiger partial charge in [-0.3, -0.25) is 14.6 Å². The van der Waals surface area contributed by atoms with Crippen LogP contribution in [0.4, 0.5) is 11.5 Å². The highest BCUT2D eigenvalue weighted by atomic mass is 32.2. The lowest BCUT2D eigenvalue weighted by Crippen LogP contribution is -2.33. The number of anilines is 2. The van der Waals surface area contributed by atoms with E-state index >= 15 is 0 Å². The Hall–Kier alpha value is -3.27. The van der Waals surface area contributed by atoms with Crippen molar-refractivity contribution in [1.82, 2.24) is 10.2 Å². The summed E-state index contributed by atoms with van der Waals surface area (Å²) in [7, 11) is -3.40. The van der Waals surface area contributed by atoms with Crippen LogP contribution in [0.1, 0.15) is 24.8 Å². The summed E-state index contributed by atoms with van der Waals surface area (Å²) < 4.78 is 38.5. The van der Waals surface area contributed by atoms with Crippen LogP contribution in [0.2, 0.25) is 0 Å². The van der Waals surface area contributed by atoms with E-state index in [0.29, 0.717) is 60.0 Å². The van der Waals surface area contributed by atoms with E-state index < -0.39 is 10.0 Å². The Labute approximate surface area is 179 Å². The van der Waals surface area contributed by atoms with Crippen LogP contribution in [0.25, 0.3) is 10.9 Å². The molecule has 1 aliphatic heterocycles. The van der Waals surface area contributed by atoms with Gasteiger partial charge in [-0.15, -0.1) is 0 Å². The number of benzene rings is 2. The lowest BCUT2D eigenvalue weighted by atomic mass is 10.0. The number of aromatic nitrogens is 2. The van der Waals surface area contributed by atoms with Crippen molar-refractivity contribution in [1.29, 1.82) is 0 Å². The van der Waals surface area contributed by atoms with Gasteiger partial charge in [-0.05, 0) is 48.7 Å². The molecule has 5 rings (SSSR count). The third kappa shape index (κ3) is 4.02. The third-order valence-electron chi connectivity index (χ3n) is 5.54. The first-order valence-electron chi connectivity index (χ1n) is 10.2. The van der Waals surface area contributed by atoms with Gasteiger partial charge in [-0.2, -0.15) is 5.10 Å². The molecule has 2 aliphatic rings. The summed E-state index contributed by atoms with van der Waals surface area (Å²) in [6, 6.07) is 10.5. The Kier molecular flexibility index (Phi) is 4.93. The van der Waals surface area contributed by atoms with Crippen molar-refractivity contribution < 1.29 is 22.7 Å². The monoisotopic (exact) mass is 442 g/mol. The molecular formula is C21H22N4O5S. The molecule has 0 bridgehead atoms. The van der Waals surface area contributed by atoms with E-state index in [1.54, 1.807) is 30.3 Å². The zero-order valence-electron chi connectivity index (χ0n) is 16.7. The highest BCUT2D eigenvalue weighted by molar-refractivity contribution is 7.93. The lowest BCUT2D eigenvalue weighted by Gasteiger charge is -2.25. The van der Waals surface area contributed by atoms with Crippen LogP contribution in [-0.2, 0) is 21.2 Å². The molecular weight excluding hydrogens is 420 g/mol. The Balaban J connectivity index is 1.31. The summed E-state index contributed by atoms with van der Waals surface area (Å²) in [5.41, 5.74) is 1.93. The molecule has 0 saturated heterocycles. The van der Waals surface area contributed by atoms with Gasteiger partial charge in [0.15, 0.2) is 17.3 Å². The topological polar surface area (TPSA) is 122 Å². The molecule has 10 heteroatoms. The second-order valence-electron chi connectivity index (χ2n) is 7.74. The summed E-state index contributed by atoms with van der Waals surface area (Å²) in [5, 5.41) is 10.1. The fraction of sp³-hybridized carbons (Fsp3) is 0.333. The van der Waals surface area contributed by atoms with Crippen molar-refractivity contribution in [3.63, 3.8) is 0 Å². The molecule has 0 unspecified atom stereocenters. The van der Waals surface area contributed by atoms with E-state index in [0.717, 1.165) is 12.0 Å². The fourth-order valence-electron chi connectivity index (χ4n) is 3.66. The predicted octanol–water partition coefficient (Wildman–Crippen LogP) is 2.81. The molecule has 2 aromatic carbocycles. The molecule has 1 saturated carbocycles. The minimum atomic E-state index is -3.40. The quantitative estimate of drug-likeness (QED) is 0.540. The molecule has 3 aromatic rings. The predicted molar refractivity (Wildman–Crippen MR) is 116 cm³/mol. The van der Waals surface area contributed by atoms with E-state index in [4.69, 9.17) is 9.47 Å². The maximum Gasteiger partial charge on any atom is 0.235 e. The summed E-state index contributed by atoms with van der Waals surface area (Å²) in [4.78, 5) is 12.6. The number of rotatable bonds is 6. The number of fused-ring (bicyclic) bond motifs is 2. The average Bonchev–Trinajstić information content (AvgIpc) is 3.07. The Morgan fingerprint density at radius 2 is 1.90 bits per heavy atom. The van der Waals surface area contributed by atoms with E-state index in [-0.39, 0.29) is 17.6 Å². The van der Waals surface area contributed by atoms with Crippen molar-refractivity contribution in [3.05, 3.63) is 42.0 Å². The van der Waals surface area contributed by atoms with Crippen LogP contribution in [0, 0.1) is 0 Å². The first kappa shape index (κ1) is 19.7. The highest BCUT2D eigenvalue weighted by Gasteiger charge is 2.31. The van der Waals surface area contributed by atoms with E-state index in [2.05, 4.69) is 20.2 Å². The SMILES string of the molecule is O=C(Cc1ccc2c(c1)OCCO2)Nc1n[nH]c2ccc(NS(=O)(=O)C3CCC3)cc12. The number of sulfonamides is 1. The van der Waals surface area contributed by atoms with E-state index in [9.17, 15) is 13.2 Å². The van der Waals surface area contributed by atoms with Crippen LogP contribution in [0.5, 0.6) is 11.5 Å². The second-order valence-corrected chi connectivity index (χ2v) is 9.70. The third-order valence-corrected chi connectivity index (χ3v) is 7.41. The number of amides is 1. The second kappa shape index (κ2) is 7.77. The van der Waals surface area contributed by atoms with Crippen molar-refractivity contribution in [2.45, 2.75) is 30.9 Å². The Morgan fingerprint density at radius 3 is 2.68 bits per heavy atom. The van der Waals surface area contributed by atoms with Crippen LogP contribution < -0.4 is 19.5 Å². The standard InChI is InChI=1S/C21H22N4O5S/c26-20(11-13-4-7-18-19(10-13)30-9-8-29-18)22-21-16-12-14(5-6-17(16)23-24-21)25-31(27,28)15-2-1-3-15/h4-7,10,12,15,25H,1-3,8-9,11H2,(H2,22,23,24,26). The number of aromatic amines is 1. The zero-order chi connectivity index (χ0) is 21.4. The van der Waals surface area contributed by atoms with Gasteiger partial charge < -0.3 is 14.8 Å². The van der Waals surface area contributed by atoms with Gasteiger partial charge in [0.2, 0.25) is 15.9 Å². The van der Waals surface area contributed by atoms with Crippen molar-refractivity contribution in [2.75, 3.05) is 23.3 Å². The molecule has 31 heavy (non-hydrogen) atoms. The number of nitrogens with one attached hydrogen (secondary N) is 3. The molecule has 2 heterocycles. The number of nitrogens with zero attached hydrogens (tertiary/aromatic N) is 1. The van der Waals surface area contributed by atoms with Gasteiger partial charge in [0.25, 0.3) is 0 Å². The molecule has 1 fully saturated rings. The van der Waals surface area contributed by atoms with Gasteiger partial charge in [0.05, 0.1) is 17.2 Å². The first-order valence-corrected chi connectivity index (χ1v) is 11.7. The van der Waals surface area contributed by atoms with Gasteiger partial charge in [0, 0.05) is 11.1 Å². The van der Waals surface area contributed by atoms with E-state index in [1.165, 1.54) is 0 Å². The fourth-order valence-corrected chi connectivity index (χ4v) is 5.24.